The van der Waals surface area contributed by atoms with Crippen LogP contribution in [-0.2, 0) is 21.3 Å². The molecule has 6 nitrogen and oxygen atoms in total. The fraction of sp³-hybridized carbons (Fsp3) is 0.481. The largest absolute Gasteiger partial charge is 0.334 e. The Kier molecular flexibility index (Phi) is 7.54. The summed E-state index contributed by atoms with van der Waals surface area (Å²) in [5, 5.41) is 0. The summed E-state index contributed by atoms with van der Waals surface area (Å²) in [7, 11) is -1.83. The minimum absolute atomic E-state index is 0.196. The van der Waals surface area contributed by atoms with Crippen molar-refractivity contribution in [1.82, 2.24) is 14.2 Å². The highest BCUT2D eigenvalue weighted by molar-refractivity contribution is 7.91. The third kappa shape index (κ3) is 5.20. The number of nitrogens with zero attached hydrogens (tertiary/aromatic N) is 4. The zero-order valence-corrected chi connectivity index (χ0v) is 23.0. The predicted molar refractivity (Wildman–Crippen MR) is 143 cm³/mol. The van der Waals surface area contributed by atoms with Gasteiger partial charge in [-0.25, -0.2) is 31.0 Å². The van der Waals surface area contributed by atoms with Gasteiger partial charge >= 0.3 is 0 Å². The van der Waals surface area contributed by atoms with E-state index in [1.807, 2.05) is 18.2 Å². The van der Waals surface area contributed by atoms with Crippen molar-refractivity contribution < 1.29 is 22.2 Å². The molecule has 204 valence electrons. The number of thiazole rings is 1. The molecule has 5 rings (SSSR count). The molecule has 3 aromatic rings. The van der Waals surface area contributed by atoms with E-state index in [9.17, 15) is 22.2 Å². The Bertz CT molecular complexity index is 1460. The van der Waals surface area contributed by atoms with Crippen LogP contribution in [0.1, 0.15) is 49.7 Å². The second-order valence-electron chi connectivity index (χ2n) is 10.1. The van der Waals surface area contributed by atoms with Gasteiger partial charge in [0.05, 0.1) is 20.6 Å². The lowest BCUT2D eigenvalue weighted by atomic mass is 9.90. The third-order valence-electron chi connectivity index (χ3n) is 7.66. The SMILES string of the molecule is CN=[S@](=O)(c1ccc(C)c(F)c1)N1CCC[C@H]1C(=O)N(Cc1ccc2scnc2c1)C1CCC(F)(F)CC1. The molecule has 1 saturated heterocycles. The van der Waals surface area contributed by atoms with Crippen LogP contribution in [-0.4, -0.2) is 55.9 Å². The first-order chi connectivity index (χ1) is 18.1. The molecule has 2 atom stereocenters. The molecule has 1 aromatic heterocycles. The number of alkyl halides is 2. The number of hydrogen-bond acceptors (Lipinski definition) is 5. The molecule has 11 heteroatoms. The summed E-state index contributed by atoms with van der Waals surface area (Å²) < 4.78 is 63.5. The highest BCUT2D eigenvalue weighted by atomic mass is 32.2. The van der Waals surface area contributed by atoms with Gasteiger partial charge in [0.2, 0.25) is 11.8 Å². The van der Waals surface area contributed by atoms with Gasteiger partial charge in [0, 0.05) is 39.0 Å². The minimum atomic E-state index is -3.25. The van der Waals surface area contributed by atoms with Crippen LogP contribution >= 0.6 is 11.3 Å². The Balaban J connectivity index is 1.48. The van der Waals surface area contributed by atoms with E-state index < -0.39 is 27.7 Å². The number of carbonyl (C=O) groups excluding carboxylic acids is 1. The van der Waals surface area contributed by atoms with Crippen molar-refractivity contribution in [3.8, 4) is 0 Å². The molecule has 1 saturated carbocycles. The van der Waals surface area contributed by atoms with Crippen molar-refractivity contribution in [2.45, 2.75) is 74.9 Å². The highest BCUT2D eigenvalue weighted by Crippen LogP contribution is 2.37. The molecule has 1 amide bonds. The molecule has 0 N–H and O–H groups in total. The summed E-state index contributed by atoms with van der Waals surface area (Å²) >= 11 is 1.52. The lowest BCUT2D eigenvalue weighted by molar-refractivity contribution is -0.141. The molecule has 0 unspecified atom stereocenters. The van der Waals surface area contributed by atoms with E-state index in [-0.39, 0.29) is 49.1 Å². The summed E-state index contributed by atoms with van der Waals surface area (Å²) in [6.07, 6.45) is 0.931. The fourth-order valence-corrected chi connectivity index (χ4v) is 8.25. The van der Waals surface area contributed by atoms with E-state index in [4.69, 9.17) is 0 Å². The second kappa shape index (κ2) is 10.6. The summed E-state index contributed by atoms with van der Waals surface area (Å²) in [5.74, 6) is -3.46. The lowest BCUT2D eigenvalue weighted by Crippen LogP contribution is -2.52. The summed E-state index contributed by atoms with van der Waals surface area (Å²) in [5.41, 5.74) is 3.88. The van der Waals surface area contributed by atoms with Crippen LogP contribution in [0.2, 0.25) is 0 Å². The van der Waals surface area contributed by atoms with Gasteiger partial charge in [0.25, 0.3) is 0 Å². The van der Waals surface area contributed by atoms with Gasteiger partial charge in [-0.1, -0.05) is 12.1 Å². The van der Waals surface area contributed by atoms with Gasteiger partial charge in [0.1, 0.15) is 21.8 Å². The zero-order chi connectivity index (χ0) is 27.1. The number of carbonyl (C=O) groups is 1. The van der Waals surface area contributed by atoms with E-state index in [0.717, 1.165) is 15.8 Å². The first-order valence-electron chi connectivity index (χ1n) is 12.8. The van der Waals surface area contributed by atoms with Crippen LogP contribution in [0.15, 0.2) is 51.2 Å². The number of amides is 1. The maximum atomic E-state index is 14.4. The Morgan fingerprint density at radius 3 is 2.68 bits per heavy atom. The summed E-state index contributed by atoms with van der Waals surface area (Å²) in [4.78, 5) is 20.5. The maximum absolute atomic E-state index is 14.4. The Labute approximate surface area is 225 Å². The second-order valence-corrected chi connectivity index (χ2v) is 13.3. The van der Waals surface area contributed by atoms with Gasteiger partial charge in [0.15, 0.2) is 0 Å². The van der Waals surface area contributed by atoms with E-state index in [1.54, 1.807) is 33.8 Å². The molecule has 0 spiro atoms. The zero-order valence-electron chi connectivity index (χ0n) is 21.4. The van der Waals surface area contributed by atoms with Crippen molar-refractivity contribution in [3.05, 3.63) is 58.9 Å². The molecule has 2 heterocycles. The van der Waals surface area contributed by atoms with Gasteiger partial charge in [-0.2, -0.15) is 0 Å². The molecule has 0 radical (unpaired) electrons. The number of benzene rings is 2. The van der Waals surface area contributed by atoms with E-state index in [0.29, 0.717) is 24.9 Å². The normalized spacial score (nSPS) is 21.9. The monoisotopic (exact) mass is 564 g/mol. The van der Waals surface area contributed by atoms with Crippen molar-refractivity contribution in [2.75, 3.05) is 13.6 Å². The number of rotatable bonds is 6. The topological polar surface area (TPSA) is 65.9 Å². The van der Waals surface area contributed by atoms with Crippen LogP contribution in [0.5, 0.6) is 0 Å². The average Bonchev–Trinajstić information content (AvgIpc) is 3.58. The van der Waals surface area contributed by atoms with Gasteiger partial charge < -0.3 is 4.90 Å². The van der Waals surface area contributed by atoms with Crippen LogP contribution < -0.4 is 0 Å². The van der Waals surface area contributed by atoms with E-state index >= 15 is 0 Å². The standard InChI is InChI=1S/C27H31F3N4O2S2/c1-18-5-7-21(15-22(18)28)38(36,31-2)34-13-3-4-24(34)26(35)33(20-9-11-27(29,30)12-10-20)16-19-6-8-25-23(14-19)32-17-37-25/h5-8,14-15,17,20,24H,3-4,9-13,16H2,1-2H3/t24-,38+/m0/s1. The first-order valence-corrected chi connectivity index (χ1v) is 15.1. The maximum Gasteiger partial charge on any atom is 0.248 e. The lowest BCUT2D eigenvalue weighted by Gasteiger charge is -2.39. The molecular weight excluding hydrogens is 533 g/mol. The Morgan fingerprint density at radius 2 is 1.97 bits per heavy atom. The molecule has 38 heavy (non-hydrogen) atoms. The summed E-state index contributed by atoms with van der Waals surface area (Å²) in [6, 6.07) is 9.09. The Hall–Kier alpha value is -2.50. The van der Waals surface area contributed by atoms with Crippen LogP contribution in [0.4, 0.5) is 13.2 Å². The van der Waals surface area contributed by atoms with Crippen molar-refractivity contribution >= 4 is 37.4 Å². The van der Waals surface area contributed by atoms with Gasteiger partial charge in [-0.05, 0) is 68.0 Å². The van der Waals surface area contributed by atoms with E-state index in [2.05, 4.69) is 9.35 Å². The average molecular weight is 565 g/mol. The Morgan fingerprint density at radius 1 is 1.21 bits per heavy atom. The van der Waals surface area contributed by atoms with Gasteiger partial charge in [-0.15, -0.1) is 11.3 Å². The number of hydrogen-bond donors (Lipinski definition) is 0. The fourth-order valence-electron chi connectivity index (χ4n) is 5.48. The van der Waals surface area contributed by atoms with Crippen molar-refractivity contribution in [2.24, 2.45) is 4.36 Å². The summed E-state index contributed by atoms with van der Waals surface area (Å²) in [6.45, 7) is 2.24. The molecule has 1 aliphatic carbocycles. The molecule has 0 bridgehead atoms. The van der Waals surface area contributed by atoms with E-state index in [1.165, 1.54) is 24.5 Å². The molecule has 1 aliphatic heterocycles. The minimum Gasteiger partial charge on any atom is -0.334 e. The quantitative estimate of drug-likeness (QED) is 0.359. The number of halogens is 3. The number of fused-ring (bicyclic) bond motifs is 1. The van der Waals surface area contributed by atoms with Crippen molar-refractivity contribution in [3.63, 3.8) is 0 Å². The van der Waals surface area contributed by atoms with Crippen LogP contribution in [0.25, 0.3) is 10.2 Å². The van der Waals surface area contributed by atoms with Crippen LogP contribution in [0.3, 0.4) is 0 Å². The van der Waals surface area contributed by atoms with Gasteiger partial charge in [-0.3, -0.25) is 4.79 Å². The molecular formula is C27H31F3N4O2S2. The van der Waals surface area contributed by atoms with Crippen molar-refractivity contribution in [1.29, 1.82) is 0 Å². The smallest absolute Gasteiger partial charge is 0.248 e. The predicted octanol–water partition coefficient (Wildman–Crippen LogP) is 6.19. The highest BCUT2D eigenvalue weighted by Gasteiger charge is 2.44. The molecule has 2 aromatic carbocycles. The number of aromatic nitrogens is 1. The number of aryl methyl sites for hydroxylation is 1. The molecule has 2 fully saturated rings. The third-order valence-corrected chi connectivity index (χ3v) is 10.9. The van der Waals surface area contributed by atoms with Crippen LogP contribution in [0, 0.1) is 12.7 Å². The molecule has 2 aliphatic rings. The first kappa shape index (κ1) is 27.1.